The summed E-state index contributed by atoms with van der Waals surface area (Å²) in [5.41, 5.74) is -0.0724. The molecule has 0 spiro atoms. The first-order valence-electron chi connectivity index (χ1n) is 8.30. The lowest BCUT2D eigenvalue weighted by atomic mass is 10.2. The number of likely N-dealkylation sites (N-methyl/N-ethyl adjacent to an activating group) is 1. The van der Waals surface area contributed by atoms with Crippen LogP contribution in [0.5, 0.6) is 0 Å². The molecule has 134 valence electrons. The summed E-state index contributed by atoms with van der Waals surface area (Å²) in [5, 5.41) is 4.26. The maximum atomic E-state index is 13.7. The number of rotatable bonds is 4. The molecule has 0 saturated carbocycles. The third-order valence-electron chi connectivity index (χ3n) is 4.41. The van der Waals surface area contributed by atoms with Crippen LogP contribution in [0.15, 0.2) is 23.0 Å². The summed E-state index contributed by atoms with van der Waals surface area (Å²) in [6.45, 7) is 0.421. The van der Waals surface area contributed by atoms with Crippen LogP contribution >= 0.6 is 0 Å². The minimum Gasteiger partial charge on any atom is -0.340 e. The van der Waals surface area contributed by atoms with Crippen LogP contribution in [0.4, 0.5) is 8.78 Å². The van der Waals surface area contributed by atoms with E-state index in [1.54, 1.807) is 4.57 Å². The molecule has 1 aromatic carbocycles. The van der Waals surface area contributed by atoms with E-state index in [0.29, 0.717) is 12.4 Å². The number of amides is 1. The van der Waals surface area contributed by atoms with Gasteiger partial charge in [0.2, 0.25) is 5.91 Å². The summed E-state index contributed by atoms with van der Waals surface area (Å²) in [7, 11) is 1.51. The highest BCUT2D eigenvalue weighted by Crippen LogP contribution is 2.12. The van der Waals surface area contributed by atoms with Crippen LogP contribution in [0.3, 0.4) is 0 Å². The van der Waals surface area contributed by atoms with E-state index in [2.05, 4.69) is 5.10 Å². The third kappa shape index (κ3) is 3.78. The summed E-state index contributed by atoms with van der Waals surface area (Å²) in [6, 6.07) is 3.23. The van der Waals surface area contributed by atoms with Crippen LogP contribution in [-0.2, 0) is 30.8 Å². The van der Waals surface area contributed by atoms with E-state index in [9.17, 15) is 18.4 Å². The minimum atomic E-state index is -0.703. The molecule has 1 aliphatic heterocycles. The first-order chi connectivity index (χ1) is 12.0. The summed E-state index contributed by atoms with van der Waals surface area (Å²) in [6.07, 6.45) is 3.70. The van der Waals surface area contributed by atoms with E-state index in [-0.39, 0.29) is 30.2 Å². The fourth-order valence-electron chi connectivity index (χ4n) is 2.97. The van der Waals surface area contributed by atoms with Gasteiger partial charge >= 0.3 is 5.69 Å². The highest BCUT2D eigenvalue weighted by atomic mass is 19.1. The predicted molar refractivity (Wildman–Crippen MR) is 86.9 cm³/mol. The molecule has 25 heavy (non-hydrogen) atoms. The maximum Gasteiger partial charge on any atom is 0.346 e. The minimum absolute atomic E-state index is 0.00668. The SMILES string of the molecule is CN(Cc1ccc(F)cc1F)C(=O)Cn1nc2n(c1=O)CCCCC2. The number of carbonyl (C=O) groups is 1. The Morgan fingerprint density at radius 1 is 1.28 bits per heavy atom. The fraction of sp³-hybridized carbons (Fsp3) is 0.471. The fourth-order valence-corrected chi connectivity index (χ4v) is 2.97. The molecule has 0 bridgehead atoms. The third-order valence-corrected chi connectivity index (χ3v) is 4.41. The second-order valence-electron chi connectivity index (χ2n) is 6.30. The van der Waals surface area contributed by atoms with Gasteiger partial charge in [0.15, 0.2) is 0 Å². The Balaban J connectivity index is 1.70. The zero-order chi connectivity index (χ0) is 18.0. The summed E-state index contributed by atoms with van der Waals surface area (Å²) in [5.74, 6) is -1.02. The number of hydrogen-bond acceptors (Lipinski definition) is 3. The number of aromatic nitrogens is 3. The Kier molecular flexibility index (Phi) is 4.96. The van der Waals surface area contributed by atoms with E-state index in [1.807, 2.05) is 0 Å². The van der Waals surface area contributed by atoms with Gasteiger partial charge in [-0.2, -0.15) is 5.10 Å². The van der Waals surface area contributed by atoms with Crippen LogP contribution in [0.1, 0.15) is 30.7 Å². The van der Waals surface area contributed by atoms with E-state index < -0.39 is 11.6 Å². The molecule has 6 nitrogen and oxygen atoms in total. The first kappa shape index (κ1) is 17.3. The second-order valence-corrected chi connectivity index (χ2v) is 6.30. The molecule has 8 heteroatoms. The number of carbonyl (C=O) groups excluding carboxylic acids is 1. The zero-order valence-corrected chi connectivity index (χ0v) is 14.0. The predicted octanol–water partition coefficient (Wildman–Crippen LogP) is 1.71. The van der Waals surface area contributed by atoms with Gasteiger partial charge in [0.05, 0.1) is 0 Å². The second kappa shape index (κ2) is 7.16. The molecule has 0 radical (unpaired) electrons. The Bertz CT molecular complexity index is 844. The van der Waals surface area contributed by atoms with Crippen molar-refractivity contribution in [2.24, 2.45) is 0 Å². The van der Waals surface area contributed by atoms with Gasteiger partial charge in [0.25, 0.3) is 0 Å². The average molecular weight is 350 g/mol. The molecule has 0 saturated heterocycles. The van der Waals surface area contributed by atoms with E-state index in [4.69, 9.17) is 0 Å². The number of nitrogens with zero attached hydrogens (tertiary/aromatic N) is 4. The lowest BCUT2D eigenvalue weighted by Crippen LogP contribution is -2.35. The standard InChI is InChI=1S/C17H20F2N4O2/c1-21(10-12-6-7-13(18)9-14(12)19)16(24)11-23-17(25)22-8-4-2-3-5-15(22)20-23/h6-7,9H,2-5,8,10-11H2,1H3. The van der Waals surface area contributed by atoms with E-state index in [0.717, 1.165) is 37.8 Å². The molecule has 0 unspecified atom stereocenters. The van der Waals surface area contributed by atoms with Gasteiger partial charge in [-0.1, -0.05) is 12.5 Å². The molecule has 3 rings (SSSR count). The van der Waals surface area contributed by atoms with Gasteiger partial charge in [0.1, 0.15) is 24.0 Å². The lowest BCUT2D eigenvalue weighted by Gasteiger charge is -2.17. The van der Waals surface area contributed by atoms with Gasteiger partial charge in [0, 0.05) is 38.2 Å². The van der Waals surface area contributed by atoms with Crippen molar-refractivity contribution in [1.29, 1.82) is 0 Å². The molecule has 0 atom stereocenters. The average Bonchev–Trinajstić information content (AvgIpc) is 2.75. The number of aryl methyl sites for hydroxylation is 1. The normalized spacial score (nSPS) is 14.0. The van der Waals surface area contributed by atoms with Gasteiger partial charge in [-0.15, -0.1) is 0 Å². The number of benzene rings is 1. The van der Waals surface area contributed by atoms with Gasteiger partial charge in [-0.3, -0.25) is 9.36 Å². The van der Waals surface area contributed by atoms with Gasteiger partial charge in [-0.05, 0) is 18.9 Å². The maximum absolute atomic E-state index is 13.7. The van der Waals surface area contributed by atoms with Crippen molar-refractivity contribution in [3.8, 4) is 0 Å². The van der Waals surface area contributed by atoms with Crippen molar-refractivity contribution in [3.63, 3.8) is 0 Å². The van der Waals surface area contributed by atoms with Crippen molar-refractivity contribution < 1.29 is 13.6 Å². The molecular formula is C17H20F2N4O2. The Morgan fingerprint density at radius 3 is 2.84 bits per heavy atom. The monoisotopic (exact) mass is 350 g/mol. The lowest BCUT2D eigenvalue weighted by molar-refractivity contribution is -0.131. The molecule has 0 aliphatic carbocycles. The molecule has 2 heterocycles. The molecular weight excluding hydrogens is 330 g/mol. The van der Waals surface area contributed by atoms with Crippen molar-refractivity contribution in [2.75, 3.05) is 7.05 Å². The number of hydrogen-bond donors (Lipinski definition) is 0. The molecule has 1 aromatic heterocycles. The van der Waals surface area contributed by atoms with E-state index >= 15 is 0 Å². The zero-order valence-electron chi connectivity index (χ0n) is 14.0. The largest absolute Gasteiger partial charge is 0.346 e. The molecule has 2 aromatic rings. The first-order valence-corrected chi connectivity index (χ1v) is 8.30. The van der Waals surface area contributed by atoms with Crippen molar-refractivity contribution in [3.05, 3.63) is 51.7 Å². The van der Waals surface area contributed by atoms with Crippen LogP contribution in [0.25, 0.3) is 0 Å². The van der Waals surface area contributed by atoms with E-state index in [1.165, 1.54) is 22.7 Å². The summed E-state index contributed by atoms with van der Waals surface area (Å²) < 4.78 is 29.4. The molecule has 1 aliphatic rings. The Labute approximate surface area is 143 Å². The van der Waals surface area contributed by atoms with Gasteiger partial charge in [-0.25, -0.2) is 18.3 Å². The molecule has 0 fully saturated rings. The van der Waals surface area contributed by atoms with Crippen LogP contribution in [-0.4, -0.2) is 32.2 Å². The smallest absolute Gasteiger partial charge is 0.340 e. The van der Waals surface area contributed by atoms with Crippen molar-refractivity contribution >= 4 is 5.91 Å². The quantitative estimate of drug-likeness (QED) is 0.843. The van der Waals surface area contributed by atoms with Crippen molar-refractivity contribution in [2.45, 2.75) is 45.3 Å². The summed E-state index contributed by atoms with van der Waals surface area (Å²) in [4.78, 5) is 26.0. The van der Waals surface area contributed by atoms with Crippen molar-refractivity contribution in [1.82, 2.24) is 19.2 Å². The topological polar surface area (TPSA) is 60.1 Å². The Morgan fingerprint density at radius 2 is 2.08 bits per heavy atom. The van der Waals surface area contributed by atoms with Crippen LogP contribution in [0.2, 0.25) is 0 Å². The highest BCUT2D eigenvalue weighted by Gasteiger charge is 2.19. The number of halogens is 2. The van der Waals surface area contributed by atoms with Gasteiger partial charge < -0.3 is 4.90 Å². The van der Waals surface area contributed by atoms with Crippen LogP contribution in [0, 0.1) is 11.6 Å². The Hall–Kier alpha value is -2.51. The molecule has 0 N–H and O–H groups in total. The number of fused-ring (bicyclic) bond motifs is 1. The van der Waals surface area contributed by atoms with Crippen LogP contribution < -0.4 is 5.69 Å². The highest BCUT2D eigenvalue weighted by molar-refractivity contribution is 5.75. The molecule has 1 amide bonds. The summed E-state index contributed by atoms with van der Waals surface area (Å²) >= 11 is 0.